The number of likely N-dealkylation sites (N-methyl/N-ethyl adjacent to an activating group) is 1. The predicted molar refractivity (Wildman–Crippen MR) is 111 cm³/mol. The number of guanidine groups is 1. The van der Waals surface area contributed by atoms with E-state index in [0.717, 1.165) is 38.8 Å². The van der Waals surface area contributed by atoms with Gasteiger partial charge in [-0.1, -0.05) is 31.4 Å². The smallest absolute Gasteiger partial charge is 0.253 e. The van der Waals surface area contributed by atoms with Crippen molar-refractivity contribution in [1.82, 2.24) is 15.1 Å². The number of ether oxygens (including phenoxy) is 1. The van der Waals surface area contributed by atoms with Crippen molar-refractivity contribution in [3.63, 3.8) is 0 Å². The van der Waals surface area contributed by atoms with Crippen LogP contribution in [0, 0.1) is 5.82 Å². The Morgan fingerprint density at radius 2 is 1.93 bits per heavy atom. The molecule has 0 atom stereocenters. The molecule has 1 aliphatic carbocycles. The Labute approximate surface area is 171 Å². The van der Waals surface area contributed by atoms with E-state index >= 15 is 0 Å². The number of nitrogens with zero attached hydrogens (tertiary/aromatic N) is 3. The molecule has 156 valence electrons. The van der Waals surface area contributed by atoms with Crippen molar-refractivity contribution < 1.29 is 13.9 Å². The van der Waals surface area contributed by atoms with Gasteiger partial charge in [0.05, 0.1) is 31.0 Å². The van der Waals surface area contributed by atoms with Gasteiger partial charge in [-0.3, -0.25) is 4.79 Å². The highest BCUT2D eigenvalue weighted by molar-refractivity contribution is 6.05. The monoisotopic (exact) mass is 400 g/mol. The van der Waals surface area contributed by atoms with Gasteiger partial charge in [0.1, 0.15) is 5.82 Å². The average molecular weight is 400 g/mol. The largest absolute Gasteiger partial charge is 0.378 e. The molecule has 7 heteroatoms. The minimum Gasteiger partial charge on any atom is -0.378 e. The van der Waals surface area contributed by atoms with Gasteiger partial charge in [-0.25, -0.2) is 9.38 Å². The van der Waals surface area contributed by atoms with Crippen molar-refractivity contribution in [3.05, 3.63) is 41.2 Å². The average Bonchev–Trinajstić information content (AvgIpc) is 2.79. The van der Waals surface area contributed by atoms with Gasteiger partial charge >= 0.3 is 0 Å². The summed E-state index contributed by atoms with van der Waals surface area (Å²) in [5.41, 5.74) is 1.34. The molecule has 1 aromatic carbocycles. The zero-order valence-electron chi connectivity index (χ0n) is 17.0. The molecule has 2 fully saturated rings. The maximum Gasteiger partial charge on any atom is 0.253 e. The molecule has 2 aliphatic heterocycles. The van der Waals surface area contributed by atoms with Crippen LogP contribution in [0.15, 0.2) is 34.8 Å². The first-order chi connectivity index (χ1) is 14.1. The molecular formula is C22H29FN4O2. The molecule has 0 bridgehead atoms. The number of nitrogens with one attached hydrogen (secondary N) is 1. The number of amides is 1. The summed E-state index contributed by atoms with van der Waals surface area (Å²) >= 11 is 0. The van der Waals surface area contributed by atoms with Crippen molar-refractivity contribution >= 4 is 17.6 Å². The molecular weight excluding hydrogens is 371 g/mol. The third-order valence-electron chi connectivity index (χ3n) is 6.07. The Hall–Kier alpha value is -2.41. The number of hydrogen-bond donors (Lipinski definition) is 1. The quantitative estimate of drug-likeness (QED) is 0.848. The van der Waals surface area contributed by atoms with Crippen LogP contribution in [-0.4, -0.2) is 67.6 Å². The normalized spacial score (nSPS) is 20.9. The number of benzene rings is 1. The lowest BCUT2D eigenvalue weighted by atomic mass is 9.93. The van der Waals surface area contributed by atoms with E-state index in [1.54, 1.807) is 18.2 Å². The molecule has 0 spiro atoms. The third kappa shape index (κ3) is 4.29. The van der Waals surface area contributed by atoms with Crippen LogP contribution in [0.1, 0.15) is 37.7 Å². The highest BCUT2D eigenvalue weighted by atomic mass is 19.1. The van der Waals surface area contributed by atoms with E-state index in [-0.39, 0.29) is 17.8 Å². The number of morpholine rings is 1. The zero-order valence-corrected chi connectivity index (χ0v) is 17.0. The first kappa shape index (κ1) is 19.9. The Morgan fingerprint density at radius 1 is 1.21 bits per heavy atom. The van der Waals surface area contributed by atoms with Gasteiger partial charge in [-0.05, 0) is 25.0 Å². The number of aliphatic imine (C=N–C) groups is 1. The fourth-order valence-electron chi connectivity index (χ4n) is 4.32. The number of carbonyl (C=O) groups is 1. The molecule has 1 amide bonds. The van der Waals surface area contributed by atoms with Crippen molar-refractivity contribution in [3.8, 4) is 0 Å². The Balaban J connectivity index is 1.69. The minimum absolute atomic E-state index is 0.0626. The van der Waals surface area contributed by atoms with Crippen LogP contribution in [0.25, 0.3) is 5.70 Å². The third-order valence-corrected chi connectivity index (χ3v) is 6.07. The number of rotatable bonds is 3. The van der Waals surface area contributed by atoms with Crippen LogP contribution in [0.5, 0.6) is 0 Å². The Morgan fingerprint density at radius 3 is 2.66 bits per heavy atom. The molecule has 1 saturated carbocycles. The first-order valence-corrected chi connectivity index (χ1v) is 10.6. The van der Waals surface area contributed by atoms with Crippen molar-refractivity contribution in [2.24, 2.45) is 4.99 Å². The number of carbonyl (C=O) groups excluding carboxylic acids is 1. The van der Waals surface area contributed by atoms with Gasteiger partial charge < -0.3 is 19.9 Å². The van der Waals surface area contributed by atoms with Gasteiger partial charge in [0, 0.05) is 31.7 Å². The SMILES string of the molecule is CN(C(=O)C1=C(c2ccccc2F)N=C(N2CCOCC2)NC1)C1CCCCC1. The lowest BCUT2D eigenvalue weighted by molar-refractivity contribution is -0.128. The first-order valence-electron chi connectivity index (χ1n) is 10.6. The van der Waals surface area contributed by atoms with E-state index in [9.17, 15) is 9.18 Å². The summed E-state index contributed by atoms with van der Waals surface area (Å²) in [5, 5.41) is 3.29. The second kappa shape index (κ2) is 8.95. The Bertz CT molecular complexity index is 811. The van der Waals surface area contributed by atoms with Gasteiger partial charge in [0.2, 0.25) is 0 Å². The topological polar surface area (TPSA) is 57.2 Å². The lowest BCUT2D eigenvalue weighted by Gasteiger charge is -2.35. The summed E-state index contributed by atoms with van der Waals surface area (Å²) in [7, 11) is 1.87. The minimum atomic E-state index is -0.361. The molecule has 0 radical (unpaired) electrons. The van der Waals surface area contributed by atoms with E-state index in [0.29, 0.717) is 42.6 Å². The van der Waals surface area contributed by atoms with Crippen LogP contribution in [0.3, 0.4) is 0 Å². The molecule has 4 rings (SSSR count). The maximum absolute atomic E-state index is 14.7. The molecule has 1 saturated heterocycles. The van der Waals surface area contributed by atoms with E-state index < -0.39 is 0 Å². The van der Waals surface area contributed by atoms with Crippen molar-refractivity contribution in [2.75, 3.05) is 39.9 Å². The standard InChI is InChI=1S/C22H29FN4O2/c1-26(16-7-3-2-4-8-16)21(28)18-15-24-22(27-11-13-29-14-12-27)25-20(18)17-9-5-6-10-19(17)23/h5-6,9-10,16H,2-4,7-8,11-15H2,1H3,(H,24,25). The summed E-state index contributed by atoms with van der Waals surface area (Å²) in [4.78, 5) is 22.0. The van der Waals surface area contributed by atoms with Crippen LogP contribution in [-0.2, 0) is 9.53 Å². The number of hydrogen-bond acceptors (Lipinski definition) is 5. The summed E-state index contributed by atoms with van der Waals surface area (Å²) in [5.74, 6) is 0.260. The molecule has 6 nitrogen and oxygen atoms in total. The van der Waals surface area contributed by atoms with Crippen LogP contribution < -0.4 is 5.32 Å². The molecule has 0 aromatic heterocycles. The molecule has 1 N–H and O–H groups in total. The summed E-state index contributed by atoms with van der Waals surface area (Å²) < 4.78 is 20.1. The van der Waals surface area contributed by atoms with Gasteiger partial charge in [0.15, 0.2) is 5.96 Å². The molecule has 29 heavy (non-hydrogen) atoms. The van der Waals surface area contributed by atoms with Crippen LogP contribution in [0.4, 0.5) is 4.39 Å². The van der Waals surface area contributed by atoms with E-state index in [4.69, 9.17) is 9.73 Å². The van der Waals surface area contributed by atoms with E-state index in [1.165, 1.54) is 12.5 Å². The summed E-state index contributed by atoms with van der Waals surface area (Å²) in [6.07, 6.45) is 5.59. The zero-order chi connectivity index (χ0) is 20.2. The fraction of sp³-hybridized carbons (Fsp3) is 0.545. The van der Waals surface area contributed by atoms with Gasteiger partial charge in [0.25, 0.3) is 5.91 Å². The van der Waals surface area contributed by atoms with Crippen LogP contribution in [0.2, 0.25) is 0 Å². The molecule has 3 aliphatic rings. The summed E-state index contributed by atoms with van der Waals surface area (Å²) in [6.45, 7) is 3.06. The fourth-order valence-corrected chi connectivity index (χ4v) is 4.32. The predicted octanol–water partition coefficient (Wildman–Crippen LogP) is 2.62. The molecule has 0 unspecified atom stereocenters. The number of halogens is 1. The second-order valence-corrected chi connectivity index (χ2v) is 7.90. The van der Waals surface area contributed by atoms with E-state index in [2.05, 4.69) is 10.2 Å². The van der Waals surface area contributed by atoms with Crippen LogP contribution >= 0.6 is 0 Å². The highest BCUT2D eigenvalue weighted by Crippen LogP contribution is 2.29. The van der Waals surface area contributed by atoms with Gasteiger partial charge in [-0.2, -0.15) is 0 Å². The van der Waals surface area contributed by atoms with Crippen molar-refractivity contribution in [1.29, 1.82) is 0 Å². The van der Waals surface area contributed by atoms with E-state index in [1.807, 2.05) is 11.9 Å². The highest BCUT2D eigenvalue weighted by Gasteiger charge is 2.30. The molecule has 1 aromatic rings. The Kier molecular flexibility index (Phi) is 6.13. The van der Waals surface area contributed by atoms with Gasteiger partial charge in [-0.15, -0.1) is 0 Å². The lowest BCUT2D eigenvalue weighted by Crippen LogP contribution is -2.50. The summed E-state index contributed by atoms with van der Waals surface area (Å²) in [6, 6.07) is 6.80. The second-order valence-electron chi connectivity index (χ2n) is 7.90. The van der Waals surface area contributed by atoms with Crippen molar-refractivity contribution in [2.45, 2.75) is 38.1 Å². The molecule has 2 heterocycles. The maximum atomic E-state index is 14.7.